The number of hydrogen-bond acceptors (Lipinski definition) is 7. The minimum absolute atomic E-state index is 0.0531. The first-order valence-electron chi connectivity index (χ1n) is 11.8. The molecule has 2 aromatic rings. The van der Waals surface area contributed by atoms with E-state index in [9.17, 15) is 24.0 Å². The lowest BCUT2D eigenvalue weighted by molar-refractivity contribution is -0.155. The van der Waals surface area contributed by atoms with Crippen LogP contribution in [-0.2, 0) is 25.5 Å². The molecule has 0 aromatic heterocycles. The van der Waals surface area contributed by atoms with Crippen molar-refractivity contribution in [3.8, 4) is 0 Å². The van der Waals surface area contributed by atoms with Crippen LogP contribution in [0.15, 0.2) is 54.6 Å². The van der Waals surface area contributed by atoms with E-state index in [1.54, 1.807) is 55.5 Å². The van der Waals surface area contributed by atoms with Crippen LogP contribution < -0.4 is 0 Å². The van der Waals surface area contributed by atoms with Gasteiger partial charge in [-0.3, -0.25) is 19.3 Å². The zero-order valence-electron chi connectivity index (χ0n) is 19.9. The molecule has 2 aliphatic heterocycles. The number of esters is 1. The Kier molecular flexibility index (Phi) is 7.62. The maximum Gasteiger partial charge on any atom is 0.409 e. The molecule has 4 amide bonds. The first-order chi connectivity index (χ1) is 17.4. The maximum atomic E-state index is 13.2. The van der Waals surface area contributed by atoms with Crippen LogP contribution in [0.4, 0.5) is 4.79 Å². The summed E-state index contributed by atoms with van der Waals surface area (Å²) in [5.74, 6) is -2.41. The molecule has 10 heteroatoms. The zero-order valence-corrected chi connectivity index (χ0v) is 19.9. The summed E-state index contributed by atoms with van der Waals surface area (Å²) in [6.07, 6.45) is -0.377. The van der Waals surface area contributed by atoms with Crippen molar-refractivity contribution < 1.29 is 33.4 Å². The van der Waals surface area contributed by atoms with Crippen LogP contribution in [0.1, 0.15) is 33.2 Å². The second-order valence-electron chi connectivity index (χ2n) is 8.41. The first-order valence-corrected chi connectivity index (χ1v) is 11.8. The van der Waals surface area contributed by atoms with Gasteiger partial charge in [-0.1, -0.05) is 42.5 Å². The van der Waals surface area contributed by atoms with Gasteiger partial charge in [0.2, 0.25) is 0 Å². The van der Waals surface area contributed by atoms with Gasteiger partial charge in [0, 0.05) is 32.6 Å². The van der Waals surface area contributed by atoms with Crippen LogP contribution in [0.25, 0.3) is 0 Å². The number of piperazine rings is 1. The Balaban J connectivity index is 1.42. The summed E-state index contributed by atoms with van der Waals surface area (Å²) >= 11 is 0. The molecule has 0 saturated carbocycles. The Morgan fingerprint density at radius 1 is 0.806 bits per heavy atom. The number of carbonyl (C=O) groups excluding carboxylic acids is 5. The fourth-order valence-electron chi connectivity index (χ4n) is 4.28. The van der Waals surface area contributed by atoms with E-state index in [4.69, 9.17) is 9.47 Å². The largest absolute Gasteiger partial charge is 0.454 e. The number of amides is 4. The summed E-state index contributed by atoms with van der Waals surface area (Å²) in [7, 11) is 0. The van der Waals surface area contributed by atoms with E-state index in [0.717, 1.165) is 10.5 Å². The molecular weight excluding hydrogens is 466 g/mol. The minimum Gasteiger partial charge on any atom is -0.454 e. The highest BCUT2D eigenvalue weighted by Gasteiger charge is 2.43. The van der Waals surface area contributed by atoms with Crippen molar-refractivity contribution in [2.45, 2.75) is 19.4 Å². The molecule has 0 radical (unpaired) electrons. The van der Waals surface area contributed by atoms with Crippen molar-refractivity contribution in [1.29, 1.82) is 0 Å². The van der Waals surface area contributed by atoms with Crippen LogP contribution in [0, 0.1) is 0 Å². The average Bonchev–Trinajstić information content (AvgIpc) is 3.16. The van der Waals surface area contributed by atoms with E-state index in [0.29, 0.717) is 13.1 Å². The third-order valence-electron chi connectivity index (χ3n) is 6.18. The molecule has 1 atom stereocenters. The van der Waals surface area contributed by atoms with Gasteiger partial charge in [-0.2, -0.15) is 0 Å². The molecule has 1 fully saturated rings. The van der Waals surface area contributed by atoms with E-state index in [-0.39, 0.29) is 37.2 Å². The Morgan fingerprint density at radius 2 is 1.36 bits per heavy atom. The molecule has 0 spiro atoms. The van der Waals surface area contributed by atoms with Gasteiger partial charge in [0.25, 0.3) is 17.7 Å². The molecule has 1 saturated heterocycles. The average molecular weight is 494 g/mol. The van der Waals surface area contributed by atoms with E-state index >= 15 is 0 Å². The number of hydrogen-bond donors (Lipinski definition) is 0. The van der Waals surface area contributed by atoms with Crippen LogP contribution in [0.3, 0.4) is 0 Å². The molecule has 2 aliphatic rings. The van der Waals surface area contributed by atoms with Gasteiger partial charge < -0.3 is 19.3 Å². The van der Waals surface area contributed by atoms with Crippen LogP contribution >= 0.6 is 0 Å². The molecule has 2 heterocycles. The number of fused-ring (bicyclic) bond motifs is 1. The van der Waals surface area contributed by atoms with Crippen molar-refractivity contribution in [1.82, 2.24) is 14.7 Å². The topological polar surface area (TPSA) is 114 Å². The highest BCUT2D eigenvalue weighted by atomic mass is 16.6. The zero-order chi connectivity index (χ0) is 25.7. The number of imide groups is 1. The van der Waals surface area contributed by atoms with Crippen molar-refractivity contribution in [2.24, 2.45) is 0 Å². The van der Waals surface area contributed by atoms with E-state index in [2.05, 4.69) is 0 Å². The summed E-state index contributed by atoms with van der Waals surface area (Å²) in [6.45, 7) is 2.63. The first kappa shape index (κ1) is 24.9. The second kappa shape index (κ2) is 11.0. The van der Waals surface area contributed by atoms with Crippen LogP contribution in [0.5, 0.6) is 0 Å². The lowest BCUT2D eigenvalue weighted by Crippen LogP contribution is -2.52. The van der Waals surface area contributed by atoms with E-state index < -0.39 is 42.4 Å². The summed E-state index contributed by atoms with van der Waals surface area (Å²) in [6, 6.07) is 14.1. The number of rotatable bonds is 7. The maximum absolute atomic E-state index is 13.2. The molecule has 36 heavy (non-hydrogen) atoms. The van der Waals surface area contributed by atoms with Crippen molar-refractivity contribution in [3.63, 3.8) is 0 Å². The number of carbonyl (C=O) groups is 5. The smallest absolute Gasteiger partial charge is 0.409 e. The van der Waals surface area contributed by atoms with Crippen molar-refractivity contribution in [2.75, 3.05) is 39.4 Å². The number of nitrogens with zero attached hydrogens (tertiary/aromatic N) is 3. The standard InChI is InChI=1S/C26H27N3O7/c1-2-35-26(34)28-14-12-27(13-15-28)22(30)17-36-25(33)21(16-18-8-4-3-5-9-18)29-23(31)19-10-6-7-11-20(19)24(29)32/h3-11,21H,2,12-17H2,1H3/t21-/m0/s1. The van der Waals surface area contributed by atoms with Gasteiger partial charge in [-0.15, -0.1) is 0 Å². The lowest BCUT2D eigenvalue weighted by Gasteiger charge is -2.34. The van der Waals surface area contributed by atoms with Crippen molar-refractivity contribution >= 4 is 29.8 Å². The summed E-state index contributed by atoms with van der Waals surface area (Å²) in [5.41, 5.74) is 1.19. The molecular formula is C26H27N3O7. The van der Waals surface area contributed by atoms with Gasteiger partial charge in [0.1, 0.15) is 6.04 Å². The SMILES string of the molecule is CCOC(=O)N1CCN(C(=O)COC(=O)[C@H](Cc2ccccc2)N2C(=O)c3ccccc3C2=O)CC1. The molecule has 4 rings (SSSR count). The molecule has 0 unspecified atom stereocenters. The van der Waals surface area contributed by atoms with Gasteiger partial charge in [0.15, 0.2) is 6.61 Å². The molecule has 0 N–H and O–H groups in total. The highest BCUT2D eigenvalue weighted by molar-refractivity contribution is 6.22. The fourth-order valence-corrected chi connectivity index (χ4v) is 4.28. The Bertz CT molecular complexity index is 1120. The Hall–Kier alpha value is -4.21. The van der Waals surface area contributed by atoms with E-state index in [1.165, 1.54) is 9.80 Å². The predicted octanol–water partition coefficient (Wildman–Crippen LogP) is 1.74. The number of benzene rings is 2. The second-order valence-corrected chi connectivity index (χ2v) is 8.41. The molecule has 2 aromatic carbocycles. The van der Waals surface area contributed by atoms with Gasteiger partial charge in [0.05, 0.1) is 17.7 Å². The molecule has 0 aliphatic carbocycles. The highest BCUT2D eigenvalue weighted by Crippen LogP contribution is 2.26. The quantitative estimate of drug-likeness (QED) is 0.426. The summed E-state index contributed by atoms with van der Waals surface area (Å²) in [5, 5.41) is 0. The Labute approximate surface area is 208 Å². The van der Waals surface area contributed by atoms with Gasteiger partial charge >= 0.3 is 12.1 Å². The van der Waals surface area contributed by atoms with Gasteiger partial charge in [-0.05, 0) is 24.6 Å². The Morgan fingerprint density at radius 3 is 1.94 bits per heavy atom. The van der Waals surface area contributed by atoms with Gasteiger partial charge in [-0.25, -0.2) is 9.59 Å². The van der Waals surface area contributed by atoms with Crippen molar-refractivity contribution in [3.05, 3.63) is 71.3 Å². The fraction of sp³-hybridized carbons (Fsp3) is 0.346. The van der Waals surface area contributed by atoms with E-state index in [1.807, 2.05) is 6.07 Å². The molecule has 188 valence electrons. The summed E-state index contributed by atoms with van der Waals surface area (Å²) < 4.78 is 10.3. The van der Waals surface area contributed by atoms with Crippen LogP contribution in [0.2, 0.25) is 0 Å². The van der Waals surface area contributed by atoms with Crippen LogP contribution in [-0.4, -0.2) is 89.9 Å². The summed E-state index contributed by atoms with van der Waals surface area (Å²) in [4.78, 5) is 67.7. The lowest BCUT2D eigenvalue weighted by atomic mass is 10.0. The monoisotopic (exact) mass is 493 g/mol. The third kappa shape index (κ3) is 5.22. The molecule has 0 bridgehead atoms. The number of ether oxygens (including phenoxy) is 2. The normalized spacial score (nSPS) is 16.0. The third-order valence-corrected chi connectivity index (χ3v) is 6.18. The minimum atomic E-state index is -1.23. The predicted molar refractivity (Wildman–Crippen MR) is 127 cm³/mol. The molecule has 10 nitrogen and oxygen atoms in total.